The van der Waals surface area contributed by atoms with Gasteiger partial charge in [0.1, 0.15) is 0 Å². The van der Waals surface area contributed by atoms with E-state index in [2.05, 4.69) is 10.4 Å². The number of carbonyl (C=O) groups excluding carboxylic acids is 1. The predicted octanol–water partition coefficient (Wildman–Crippen LogP) is 4.94. The molecule has 3 rings (SSSR count). The number of hydrogen-bond donors (Lipinski definition) is 1. The first kappa shape index (κ1) is 21.5. The number of aromatic nitrogens is 3. The Hall–Kier alpha value is -2.19. The van der Waals surface area contributed by atoms with Gasteiger partial charge in [-0.25, -0.2) is 4.68 Å². The lowest BCUT2D eigenvalue weighted by atomic mass is 10.2. The number of nitrogens with one attached hydrogen (secondary N) is 1. The van der Waals surface area contributed by atoms with Crippen LogP contribution in [0.1, 0.15) is 6.92 Å². The minimum absolute atomic E-state index is 0.130. The SMILES string of the molecule is CCn1c(-c2ccc(Cl)cc2)nn(CN(C)CC(=O)Nc2ccc(Cl)cc2)c1=S. The van der Waals surface area contributed by atoms with Gasteiger partial charge >= 0.3 is 0 Å². The Labute approximate surface area is 184 Å². The van der Waals surface area contributed by atoms with Crippen LogP contribution >= 0.6 is 35.4 Å². The van der Waals surface area contributed by atoms with Crippen molar-refractivity contribution in [1.29, 1.82) is 0 Å². The highest BCUT2D eigenvalue weighted by molar-refractivity contribution is 7.71. The van der Waals surface area contributed by atoms with Crippen LogP contribution in [0, 0.1) is 4.77 Å². The molecule has 6 nitrogen and oxygen atoms in total. The number of amides is 1. The smallest absolute Gasteiger partial charge is 0.238 e. The predicted molar refractivity (Wildman–Crippen MR) is 120 cm³/mol. The van der Waals surface area contributed by atoms with Crippen molar-refractivity contribution >= 4 is 47.0 Å². The maximum absolute atomic E-state index is 12.3. The summed E-state index contributed by atoms with van der Waals surface area (Å²) in [5.74, 6) is 0.641. The summed E-state index contributed by atoms with van der Waals surface area (Å²) in [4.78, 5) is 14.2. The zero-order valence-electron chi connectivity index (χ0n) is 16.1. The maximum atomic E-state index is 12.3. The van der Waals surface area contributed by atoms with E-state index in [0.29, 0.717) is 33.7 Å². The minimum atomic E-state index is -0.130. The molecular weight excluding hydrogens is 429 g/mol. The van der Waals surface area contributed by atoms with E-state index >= 15 is 0 Å². The molecule has 0 spiro atoms. The molecule has 29 heavy (non-hydrogen) atoms. The summed E-state index contributed by atoms with van der Waals surface area (Å²) in [7, 11) is 1.84. The molecule has 0 unspecified atom stereocenters. The summed E-state index contributed by atoms with van der Waals surface area (Å²) in [5, 5.41) is 8.80. The molecule has 2 aromatic carbocycles. The Bertz CT molecular complexity index is 1040. The largest absolute Gasteiger partial charge is 0.325 e. The minimum Gasteiger partial charge on any atom is -0.325 e. The van der Waals surface area contributed by atoms with Gasteiger partial charge < -0.3 is 9.88 Å². The normalized spacial score (nSPS) is 11.1. The summed E-state index contributed by atoms with van der Waals surface area (Å²) in [5.41, 5.74) is 1.63. The van der Waals surface area contributed by atoms with Crippen molar-refractivity contribution in [2.24, 2.45) is 0 Å². The van der Waals surface area contributed by atoms with Gasteiger partial charge in [0.25, 0.3) is 0 Å². The van der Waals surface area contributed by atoms with Gasteiger partial charge in [0.2, 0.25) is 5.91 Å². The Balaban J connectivity index is 1.70. The molecule has 3 aromatic rings. The van der Waals surface area contributed by atoms with Crippen molar-refractivity contribution in [1.82, 2.24) is 19.2 Å². The first-order chi connectivity index (χ1) is 13.9. The van der Waals surface area contributed by atoms with E-state index in [1.807, 2.05) is 47.7 Å². The summed E-state index contributed by atoms with van der Waals surface area (Å²) >= 11 is 17.4. The summed E-state index contributed by atoms with van der Waals surface area (Å²) < 4.78 is 4.28. The Kier molecular flexibility index (Phi) is 7.08. The zero-order chi connectivity index (χ0) is 21.0. The third kappa shape index (κ3) is 5.45. The van der Waals surface area contributed by atoms with Crippen molar-refractivity contribution in [2.75, 3.05) is 18.9 Å². The molecule has 0 saturated carbocycles. The van der Waals surface area contributed by atoms with Crippen LogP contribution in [-0.4, -0.2) is 38.7 Å². The lowest BCUT2D eigenvalue weighted by Gasteiger charge is -2.16. The molecule has 152 valence electrons. The van der Waals surface area contributed by atoms with Crippen molar-refractivity contribution < 1.29 is 4.79 Å². The number of hydrogen-bond acceptors (Lipinski definition) is 4. The van der Waals surface area contributed by atoms with Crippen LogP contribution in [0.15, 0.2) is 48.5 Å². The van der Waals surface area contributed by atoms with Crippen LogP contribution in [0.3, 0.4) is 0 Å². The molecule has 0 saturated heterocycles. The number of carbonyl (C=O) groups is 1. The molecule has 0 aliphatic carbocycles. The molecule has 0 atom stereocenters. The monoisotopic (exact) mass is 449 g/mol. The van der Waals surface area contributed by atoms with E-state index < -0.39 is 0 Å². The van der Waals surface area contributed by atoms with Gasteiger partial charge in [-0.2, -0.15) is 5.10 Å². The maximum Gasteiger partial charge on any atom is 0.238 e. The van der Waals surface area contributed by atoms with E-state index in [-0.39, 0.29) is 12.5 Å². The van der Waals surface area contributed by atoms with Crippen molar-refractivity contribution in [3.05, 3.63) is 63.3 Å². The molecule has 0 bridgehead atoms. The second-order valence-electron chi connectivity index (χ2n) is 6.57. The van der Waals surface area contributed by atoms with Gasteiger partial charge in [0.05, 0.1) is 13.2 Å². The molecule has 1 aromatic heterocycles. The van der Waals surface area contributed by atoms with Gasteiger partial charge in [-0.1, -0.05) is 23.2 Å². The Morgan fingerprint density at radius 2 is 1.69 bits per heavy atom. The number of likely N-dealkylation sites (N-methyl/N-ethyl adjacent to an activating group) is 1. The molecule has 9 heteroatoms. The van der Waals surface area contributed by atoms with Gasteiger partial charge in [-0.15, -0.1) is 0 Å². The summed E-state index contributed by atoms with van der Waals surface area (Å²) in [6, 6.07) is 14.5. The standard InChI is InChI=1S/C20H21Cl2N5OS/c1-3-26-19(14-4-6-15(21)7-5-14)24-27(20(26)29)13-25(2)12-18(28)23-17-10-8-16(22)9-11-17/h4-11H,3,12-13H2,1-2H3,(H,23,28). The number of halogens is 2. The summed E-state index contributed by atoms with van der Waals surface area (Å²) in [6.07, 6.45) is 0. The number of rotatable bonds is 7. The van der Waals surface area contributed by atoms with Crippen molar-refractivity contribution in [3.8, 4) is 11.4 Å². The fourth-order valence-corrected chi connectivity index (χ4v) is 3.45. The van der Waals surface area contributed by atoms with E-state index in [0.717, 1.165) is 11.4 Å². The lowest BCUT2D eigenvalue weighted by molar-refractivity contribution is -0.117. The number of anilines is 1. The van der Waals surface area contributed by atoms with E-state index in [9.17, 15) is 4.79 Å². The third-order valence-corrected chi connectivity index (χ3v) is 5.19. The fraction of sp³-hybridized carbons (Fsp3) is 0.250. The van der Waals surface area contributed by atoms with Gasteiger partial charge in [-0.05, 0) is 74.7 Å². The van der Waals surface area contributed by atoms with Gasteiger partial charge in [-0.3, -0.25) is 9.69 Å². The molecule has 0 aliphatic rings. The summed E-state index contributed by atoms with van der Waals surface area (Å²) in [6.45, 7) is 3.29. The van der Waals surface area contributed by atoms with E-state index in [4.69, 9.17) is 35.4 Å². The van der Waals surface area contributed by atoms with Crippen molar-refractivity contribution in [2.45, 2.75) is 20.1 Å². The second-order valence-corrected chi connectivity index (χ2v) is 7.81. The first-order valence-electron chi connectivity index (χ1n) is 9.05. The highest BCUT2D eigenvalue weighted by atomic mass is 35.5. The van der Waals surface area contributed by atoms with Crippen LogP contribution in [0.5, 0.6) is 0 Å². The third-order valence-electron chi connectivity index (χ3n) is 4.26. The molecule has 1 heterocycles. The van der Waals surface area contributed by atoms with Crippen LogP contribution in [0.4, 0.5) is 5.69 Å². The van der Waals surface area contributed by atoms with Gasteiger partial charge in [0.15, 0.2) is 10.6 Å². The number of nitrogens with zero attached hydrogens (tertiary/aromatic N) is 4. The van der Waals surface area contributed by atoms with Crippen molar-refractivity contribution in [3.63, 3.8) is 0 Å². The molecule has 1 N–H and O–H groups in total. The topological polar surface area (TPSA) is 55.1 Å². The Morgan fingerprint density at radius 1 is 1.10 bits per heavy atom. The molecule has 1 amide bonds. The zero-order valence-corrected chi connectivity index (χ0v) is 18.4. The number of benzene rings is 2. The molecule has 0 radical (unpaired) electrons. The molecule has 0 fully saturated rings. The van der Waals surface area contributed by atoms with E-state index in [1.165, 1.54) is 0 Å². The molecule has 0 aliphatic heterocycles. The van der Waals surface area contributed by atoms with Crippen LogP contribution in [-0.2, 0) is 18.0 Å². The fourth-order valence-electron chi connectivity index (χ4n) is 2.89. The first-order valence-corrected chi connectivity index (χ1v) is 10.2. The van der Waals surface area contributed by atoms with Gasteiger partial charge in [0, 0.05) is 27.8 Å². The van der Waals surface area contributed by atoms with Crippen LogP contribution in [0.2, 0.25) is 10.0 Å². The average Bonchev–Trinajstić information content (AvgIpc) is 2.99. The van der Waals surface area contributed by atoms with Crippen LogP contribution in [0.25, 0.3) is 11.4 Å². The van der Waals surface area contributed by atoms with Crippen LogP contribution < -0.4 is 5.32 Å². The molecular formula is C20H21Cl2N5OS. The lowest BCUT2D eigenvalue weighted by Crippen LogP contribution is -2.32. The Morgan fingerprint density at radius 3 is 2.28 bits per heavy atom. The average molecular weight is 450 g/mol. The quantitative estimate of drug-likeness (QED) is 0.519. The highest BCUT2D eigenvalue weighted by Gasteiger charge is 2.14. The highest BCUT2D eigenvalue weighted by Crippen LogP contribution is 2.21. The second kappa shape index (κ2) is 9.54. The van der Waals surface area contributed by atoms with E-state index in [1.54, 1.807) is 28.9 Å².